The van der Waals surface area contributed by atoms with E-state index in [1.807, 2.05) is 0 Å². The summed E-state index contributed by atoms with van der Waals surface area (Å²) < 4.78 is 11.1. The molecule has 33 heavy (non-hydrogen) atoms. The number of aromatic hydroxyl groups is 1. The number of benzene rings is 2. The Labute approximate surface area is 189 Å². The summed E-state index contributed by atoms with van der Waals surface area (Å²) in [5.74, 6) is -0.933. The molecule has 0 bridgehead atoms. The van der Waals surface area contributed by atoms with E-state index in [1.54, 1.807) is 54.7 Å². The molecule has 2 N–H and O–H groups in total. The number of hydrogen-bond acceptors (Lipinski definition) is 7. The maximum Gasteiger partial charge on any atom is 0.296 e. The van der Waals surface area contributed by atoms with Crippen LogP contribution >= 0.6 is 0 Å². The number of fused-ring (bicyclic) bond motifs is 1. The zero-order valence-electron chi connectivity index (χ0n) is 17.5. The topological polar surface area (TPSA) is 109 Å². The second-order valence-corrected chi connectivity index (χ2v) is 7.70. The first kappa shape index (κ1) is 20.6. The van der Waals surface area contributed by atoms with Gasteiger partial charge in [0.25, 0.3) is 11.7 Å². The third kappa shape index (κ3) is 3.76. The van der Waals surface area contributed by atoms with E-state index in [4.69, 9.17) is 9.47 Å². The van der Waals surface area contributed by atoms with Gasteiger partial charge in [0.05, 0.1) is 23.9 Å². The van der Waals surface area contributed by atoms with E-state index in [2.05, 4.69) is 4.98 Å². The minimum absolute atomic E-state index is 0.0183. The van der Waals surface area contributed by atoms with Gasteiger partial charge in [-0.05, 0) is 48.0 Å². The van der Waals surface area contributed by atoms with E-state index >= 15 is 0 Å². The summed E-state index contributed by atoms with van der Waals surface area (Å²) in [5.41, 5.74) is 1.33. The molecule has 1 saturated heterocycles. The molecule has 1 atom stereocenters. The number of rotatable bonds is 4. The van der Waals surface area contributed by atoms with E-state index in [0.29, 0.717) is 41.5 Å². The standard InChI is InChI=1S/C25H20N2O6/c28-18-6-3-4-15(12-18)22-21(23(29)16-7-8-19-20(13-16)33-11-10-32-19)24(30)25(31)27(22)14-17-5-1-2-9-26-17/h1-9,12-13,22,28-29H,10-11,14H2/b23-21-. The fourth-order valence-electron chi connectivity index (χ4n) is 4.10. The lowest BCUT2D eigenvalue weighted by atomic mass is 9.95. The lowest BCUT2D eigenvalue weighted by Gasteiger charge is -2.25. The average molecular weight is 444 g/mol. The largest absolute Gasteiger partial charge is 0.508 e. The number of ketones is 1. The van der Waals surface area contributed by atoms with Crippen molar-refractivity contribution in [3.05, 3.63) is 89.3 Å². The fraction of sp³-hybridized carbons (Fsp3) is 0.160. The van der Waals surface area contributed by atoms with Gasteiger partial charge in [0, 0.05) is 11.8 Å². The molecular weight excluding hydrogens is 424 g/mol. The summed E-state index contributed by atoms with van der Waals surface area (Å²) in [6.45, 7) is 0.854. The molecule has 166 valence electrons. The number of nitrogens with zero attached hydrogens (tertiary/aromatic N) is 2. The second-order valence-electron chi connectivity index (χ2n) is 7.70. The molecule has 8 nitrogen and oxygen atoms in total. The Kier molecular flexibility index (Phi) is 5.18. The Bertz CT molecular complexity index is 1270. The quantitative estimate of drug-likeness (QED) is 0.361. The van der Waals surface area contributed by atoms with Gasteiger partial charge >= 0.3 is 0 Å². The summed E-state index contributed by atoms with van der Waals surface area (Å²) in [7, 11) is 0. The molecule has 1 aromatic heterocycles. The van der Waals surface area contributed by atoms with Crippen LogP contribution in [-0.4, -0.2) is 45.0 Å². The van der Waals surface area contributed by atoms with E-state index in [9.17, 15) is 19.8 Å². The molecule has 2 aliphatic rings. The van der Waals surface area contributed by atoms with Crippen molar-refractivity contribution in [2.24, 2.45) is 0 Å². The van der Waals surface area contributed by atoms with Gasteiger partial charge in [-0.3, -0.25) is 14.6 Å². The van der Waals surface area contributed by atoms with Crippen LogP contribution in [0, 0.1) is 0 Å². The molecule has 1 unspecified atom stereocenters. The molecule has 1 fully saturated rings. The number of carbonyl (C=O) groups is 2. The molecule has 3 aromatic rings. The summed E-state index contributed by atoms with van der Waals surface area (Å²) in [5, 5.41) is 21.2. The number of aromatic nitrogens is 1. The monoisotopic (exact) mass is 444 g/mol. The van der Waals surface area contributed by atoms with Gasteiger partial charge in [0.2, 0.25) is 0 Å². The minimum atomic E-state index is -0.910. The third-order valence-corrected chi connectivity index (χ3v) is 5.60. The fourth-order valence-corrected chi connectivity index (χ4v) is 4.10. The molecule has 0 aliphatic carbocycles. The normalized spacial score (nSPS) is 19.0. The van der Waals surface area contributed by atoms with Crippen molar-refractivity contribution >= 4 is 17.4 Å². The number of aliphatic hydroxyl groups is 1. The van der Waals surface area contributed by atoms with Crippen LogP contribution in [0.25, 0.3) is 5.76 Å². The molecule has 5 rings (SSSR count). The SMILES string of the molecule is O=C1C(=O)N(Cc2ccccn2)C(c2cccc(O)c2)/C1=C(/O)c1ccc2c(c1)OCCO2. The Morgan fingerprint density at radius 1 is 1.00 bits per heavy atom. The molecule has 2 aromatic carbocycles. The lowest BCUT2D eigenvalue weighted by Crippen LogP contribution is -2.29. The average Bonchev–Trinajstić information content (AvgIpc) is 3.09. The first-order valence-corrected chi connectivity index (χ1v) is 10.4. The van der Waals surface area contributed by atoms with Gasteiger partial charge in [0.1, 0.15) is 24.7 Å². The number of ether oxygens (including phenoxy) is 2. The van der Waals surface area contributed by atoms with Gasteiger partial charge in [0.15, 0.2) is 11.5 Å². The second kappa shape index (κ2) is 8.31. The van der Waals surface area contributed by atoms with E-state index in [-0.39, 0.29) is 23.6 Å². The smallest absolute Gasteiger partial charge is 0.296 e. The van der Waals surface area contributed by atoms with Gasteiger partial charge in [-0.25, -0.2) is 0 Å². The van der Waals surface area contributed by atoms with Crippen LogP contribution in [0.3, 0.4) is 0 Å². The van der Waals surface area contributed by atoms with Crippen LogP contribution in [-0.2, 0) is 16.1 Å². The van der Waals surface area contributed by atoms with Crippen molar-refractivity contribution in [3.63, 3.8) is 0 Å². The van der Waals surface area contributed by atoms with E-state index in [1.165, 1.54) is 17.0 Å². The van der Waals surface area contributed by atoms with Crippen molar-refractivity contribution in [1.29, 1.82) is 0 Å². The molecule has 2 aliphatic heterocycles. The zero-order valence-corrected chi connectivity index (χ0v) is 17.5. The Hall–Kier alpha value is -4.33. The van der Waals surface area contributed by atoms with Crippen molar-refractivity contribution < 1.29 is 29.3 Å². The van der Waals surface area contributed by atoms with E-state index in [0.717, 1.165) is 0 Å². The summed E-state index contributed by atoms with van der Waals surface area (Å²) >= 11 is 0. The number of likely N-dealkylation sites (tertiary alicyclic amines) is 1. The van der Waals surface area contributed by atoms with Crippen LogP contribution in [0.15, 0.2) is 72.4 Å². The molecule has 3 heterocycles. The van der Waals surface area contributed by atoms with E-state index < -0.39 is 17.7 Å². The highest BCUT2D eigenvalue weighted by atomic mass is 16.6. The maximum absolute atomic E-state index is 13.1. The number of Topliss-reactive ketones (excluding diaryl/α,β-unsaturated/α-hetero) is 1. The summed E-state index contributed by atoms with van der Waals surface area (Å²) in [6, 6.07) is 15.5. The van der Waals surface area contributed by atoms with Crippen LogP contribution in [0.1, 0.15) is 22.9 Å². The molecular formula is C25H20N2O6. The van der Waals surface area contributed by atoms with Crippen molar-refractivity contribution in [2.45, 2.75) is 12.6 Å². The highest BCUT2D eigenvalue weighted by Crippen LogP contribution is 2.42. The predicted octanol–water partition coefficient (Wildman–Crippen LogP) is 3.18. The molecule has 0 saturated carbocycles. The third-order valence-electron chi connectivity index (χ3n) is 5.60. The van der Waals surface area contributed by atoms with Gasteiger partial charge in [-0.2, -0.15) is 0 Å². The highest BCUT2D eigenvalue weighted by molar-refractivity contribution is 6.46. The Morgan fingerprint density at radius 2 is 1.82 bits per heavy atom. The summed E-state index contributed by atoms with van der Waals surface area (Å²) in [6.07, 6.45) is 1.60. The first-order chi connectivity index (χ1) is 16.0. The maximum atomic E-state index is 13.1. The number of aliphatic hydroxyl groups excluding tert-OH is 1. The van der Waals surface area contributed by atoms with Gasteiger partial charge in [-0.15, -0.1) is 0 Å². The molecule has 1 amide bonds. The van der Waals surface area contributed by atoms with Crippen molar-refractivity contribution in [2.75, 3.05) is 13.2 Å². The first-order valence-electron chi connectivity index (χ1n) is 10.4. The number of pyridine rings is 1. The van der Waals surface area contributed by atoms with Gasteiger partial charge < -0.3 is 24.6 Å². The number of amides is 1. The Morgan fingerprint density at radius 3 is 2.58 bits per heavy atom. The van der Waals surface area contributed by atoms with Crippen molar-refractivity contribution in [1.82, 2.24) is 9.88 Å². The lowest BCUT2D eigenvalue weighted by molar-refractivity contribution is -0.140. The molecule has 0 spiro atoms. The van der Waals surface area contributed by atoms with Crippen LogP contribution in [0.5, 0.6) is 17.2 Å². The Balaban J connectivity index is 1.64. The molecule has 0 radical (unpaired) electrons. The predicted molar refractivity (Wildman–Crippen MR) is 118 cm³/mol. The summed E-state index contributed by atoms with van der Waals surface area (Å²) in [4.78, 5) is 31.8. The van der Waals surface area contributed by atoms with Crippen LogP contribution in [0.2, 0.25) is 0 Å². The molecule has 8 heteroatoms. The minimum Gasteiger partial charge on any atom is -0.508 e. The van der Waals surface area contributed by atoms with Crippen molar-refractivity contribution in [3.8, 4) is 17.2 Å². The van der Waals surface area contributed by atoms with Gasteiger partial charge in [-0.1, -0.05) is 18.2 Å². The number of phenols is 1. The highest BCUT2D eigenvalue weighted by Gasteiger charge is 2.46. The number of phenolic OH excluding ortho intramolecular Hbond substituents is 1. The number of hydrogen-bond donors (Lipinski definition) is 2. The van der Waals surface area contributed by atoms with Crippen LogP contribution < -0.4 is 9.47 Å². The zero-order chi connectivity index (χ0) is 22.9. The van der Waals surface area contributed by atoms with Crippen LogP contribution in [0.4, 0.5) is 0 Å². The number of carbonyl (C=O) groups excluding carboxylic acids is 2.